The number of thioether (sulfide) groups is 1. The minimum Gasteiger partial charge on any atom is -0.376 e. The second kappa shape index (κ2) is 8.99. The molecule has 0 amide bonds. The zero-order chi connectivity index (χ0) is 21.5. The van der Waals surface area contributed by atoms with Crippen molar-refractivity contribution in [2.75, 3.05) is 11.5 Å². The van der Waals surface area contributed by atoms with Gasteiger partial charge in [0.1, 0.15) is 0 Å². The van der Waals surface area contributed by atoms with Crippen molar-refractivity contribution in [2.45, 2.75) is 88.6 Å². The second-order valence-corrected chi connectivity index (χ2v) is 12.9. The van der Waals surface area contributed by atoms with Crippen LogP contribution < -0.4 is 11.1 Å². The molecule has 5 aliphatic carbocycles. The Hall–Kier alpha value is -0.580. The number of hydrogen-bond acceptors (Lipinski definition) is 3. The second-order valence-electron chi connectivity index (χ2n) is 11.4. The molecule has 2 nitrogen and oxygen atoms in total. The van der Waals surface area contributed by atoms with Gasteiger partial charge in [-0.25, -0.2) is 0 Å². The Balaban J connectivity index is 1.18. The maximum Gasteiger partial charge on any atom is 0.0856 e. The molecule has 5 saturated carbocycles. The third kappa shape index (κ3) is 4.46. The molecule has 5 aliphatic rings. The molecule has 2 unspecified atom stereocenters. The van der Waals surface area contributed by atoms with Gasteiger partial charge in [0.15, 0.2) is 0 Å². The van der Waals surface area contributed by atoms with Gasteiger partial charge in [-0.05, 0) is 97.7 Å². The molecule has 6 rings (SSSR count). The summed E-state index contributed by atoms with van der Waals surface area (Å²) >= 11 is 7.82. The van der Waals surface area contributed by atoms with E-state index in [0.717, 1.165) is 41.3 Å². The molecule has 4 heteroatoms. The van der Waals surface area contributed by atoms with E-state index in [1.165, 1.54) is 57.1 Å². The first-order valence-electron chi connectivity index (χ1n) is 12.7. The van der Waals surface area contributed by atoms with Gasteiger partial charge in [-0.3, -0.25) is 0 Å². The van der Waals surface area contributed by atoms with Gasteiger partial charge in [0, 0.05) is 17.8 Å². The summed E-state index contributed by atoms with van der Waals surface area (Å²) in [6.07, 6.45) is 13.2. The highest BCUT2D eigenvalue weighted by atomic mass is 32.2. The van der Waals surface area contributed by atoms with Gasteiger partial charge >= 0.3 is 0 Å². The van der Waals surface area contributed by atoms with Crippen molar-refractivity contribution in [1.29, 1.82) is 0 Å². The predicted molar refractivity (Wildman–Crippen MR) is 138 cm³/mol. The highest BCUT2D eigenvalue weighted by Gasteiger charge is 2.60. The first-order valence-corrected chi connectivity index (χ1v) is 14.3. The van der Waals surface area contributed by atoms with Gasteiger partial charge in [0.25, 0.3) is 0 Å². The monoisotopic (exact) mass is 456 g/mol. The van der Waals surface area contributed by atoms with Crippen molar-refractivity contribution in [1.82, 2.24) is 5.32 Å². The van der Waals surface area contributed by atoms with E-state index in [2.05, 4.69) is 54.3 Å². The lowest BCUT2D eigenvalue weighted by Crippen LogP contribution is -2.58. The Kier molecular flexibility index (Phi) is 6.44. The number of nitrogens with one attached hydrogen (secondary N) is 1. The molecule has 1 aromatic carbocycles. The van der Waals surface area contributed by atoms with Gasteiger partial charge in [-0.2, -0.15) is 11.8 Å². The van der Waals surface area contributed by atoms with Gasteiger partial charge < -0.3 is 11.1 Å². The molecule has 0 spiro atoms. The minimum absolute atomic E-state index is 0.406. The molecule has 31 heavy (non-hydrogen) atoms. The van der Waals surface area contributed by atoms with E-state index in [-0.39, 0.29) is 0 Å². The normalized spacial score (nSPS) is 41.3. The van der Waals surface area contributed by atoms with E-state index in [1.54, 1.807) is 5.56 Å². The van der Waals surface area contributed by atoms with E-state index in [0.29, 0.717) is 22.9 Å². The van der Waals surface area contributed by atoms with Crippen LogP contribution in [0, 0.1) is 23.2 Å². The average Bonchev–Trinajstić information content (AvgIpc) is 2.77. The third-order valence-electron chi connectivity index (χ3n) is 9.44. The van der Waals surface area contributed by atoms with Crippen molar-refractivity contribution in [3.63, 3.8) is 0 Å². The van der Waals surface area contributed by atoms with Crippen LogP contribution in [0.5, 0.6) is 0 Å². The number of benzene rings is 1. The lowest BCUT2D eigenvalue weighted by atomic mass is 9.40. The van der Waals surface area contributed by atoms with E-state index >= 15 is 0 Å². The first kappa shape index (κ1) is 22.2. The summed E-state index contributed by atoms with van der Waals surface area (Å²) in [7, 11) is 0. The molecule has 3 N–H and O–H groups in total. The van der Waals surface area contributed by atoms with Crippen molar-refractivity contribution in [2.24, 2.45) is 28.9 Å². The lowest BCUT2D eigenvalue weighted by Gasteiger charge is -2.65. The first-order chi connectivity index (χ1) is 15.0. The molecule has 2 atom stereocenters. The number of hydrogen-bond donors (Lipinski definition) is 2. The Morgan fingerprint density at radius 2 is 1.74 bits per heavy atom. The fraction of sp³-hybridized carbons (Fsp3) is 0.741. The van der Waals surface area contributed by atoms with E-state index in [1.807, 2.05) is 0 Å². The Labute approximate surface area is 198 Å². The molecule has 0 aromatic heterocycles. The summed E-state index contributed by atoms with van der Waals surface area (Å²) in [6.45, 7) is 2.46. The van der Waals surface area contributed by atoms with Crippen molar-refractivity contribution in [3.8, 4) is 0 Å². The molecule has 170 valence electrons. The van der Waals surface area contributed by atoms with Crippen LogP contribution in [-0.4, -0.2) is 28.6 Å². The maximum atomic E-state index is 6.05. The van der Waals surface area contributed by atoms with Gasteiger partial charge in [-0.15, -0.1) is 0 Å². The number of nitrogens with two attached hydrogens (primary N) is 1. The SMILES string of the molecule is CCC12CC3CC(c4ccccc4)(CC(C1)C3CSCC(=S)N[C@H]1CC[C@H](N)CC1)C2. The van der Waals surface area contributed by atoms with Gasteiger partial charge in [0.05, 0.1) is 4.99 Å². The number of rotatable bonds is 7. The maximum absolute atomic E-state index is 6.05. The molecule has 0 saturated heterocycles. The molecular weight excluding hydrogens is 416 g/mol. The van der Waals surface area contributed by atoms with Crippen LogP contribution in [0.1, 0.15) is 76.7 Å². The lowest BCUT2D eigenvalue weighted by molar-refractivity contribution is -0.106. The number of thiocarbonyl (C=S) groups is 1. The van der Waals surface area contributed by atoms with Crippen LogP contribution in [0.25, 0.3) is 0 Å². The Morgan fingerprint density at radius 3 is 2.39 bits per heavy atom. The fourth-order valence-electron chi connectivity index (χ4n) is 8.06. The third-order valence-corrected chi connectivity index (χ3v) is 11.0. The van der Waals surface area contributed by atoms with Gasteiger partial charge in [0.2, 0.25) is 0 Å². The topological polar surface area (TPSA) is 38.0 Å². The van der Waals surface area contributed by atoms with Gasteiger partial charge in [-0.1, -0.05) is 55.9 Å². The van der Waals surface area contributed by atoms with Crippen LogP contribution in [-0.2, 0) is 5.41 Å². The summed E-state index contributed by atoms with van der Waals surface area (Å²) in [4.78, 5) is 1.07. The highest BCUT2D eigenvalue weighted by molar-refractivity contribution is 8.01. The Bertz CT molecular complexity index is 755. The highest BCUT2D eigenvalue weighted by Crippen LogP contribution is 2.68. The summed E-state index contributed by atoms with van der Waals surface area (Å²) < 4.78 is 0. The van der Waals surface area contributed by atoms with Crippen LogP contribution in [0.3, 0.4) is 0 Å². The summed E-state index contributed by atoms with van der Waals surface area (Å²) in [5, 5.41) is 3.64. The summed E-state index contributed by atoms with van der Waals surface area (Å²) in [6, 6.07) is 12.5. The fourth-order valence-corrected chi connectivity index (χ4v) is 9.68. The minimum atomic E-state index is 0.406. The zero-order valence-corrected chi connectivity index (χ0v) is 20.8. The molecule has 4 bridgehead atoms. The molecular formula is C27H40N2S2. The van der Waals surface area contributed by atoms with Crippen LogP contribution in [0.15, 0.2) is 30.3 Å². The smallest absolute Gasteiger partial charge is 0.0856 e. The molecule has 0 heterocycles. The molecule has 5 fully saturated rings. The summed E-state index contributed by atoms with van der Waals surface area (Å²) in [5.41, 5.74) is 8.75. The van der Waals surface area contributed by atoms with Crippen molar-refractivity contribution < 1.29 is 0 Å². The largest absolute Gasteiger partial charge is 0.376 e. The van der Waals surface area contributed by atoms with Crippen LogP contribution in [0.2, 0.25) is 0 Å². The zero-order valence-electron chi connectivity index (χ0n) is 19.2. The Morgan fingerprint density at radius 1 is 1.06 bits per heavy atom. The molecule has 1 aromatic rings. The molecule has 0 aliphatic heterocycles. The predicted octanol–water partition coefficient (Wildman–Crippen LogP) is 6.08. The quantitative estimate of drug-likeness (QED) is 0.488. The average molecular weight is 457 g/mol. The van der Waals surface area contributed by atoms with Crippen LogP contribution >= 0.6 is 24.0 Å². The van der Waals surface area contributed by atoms with Crippen LogP contribution in [0.4, 0.5) is 0 Å². The van der Waals surface area contributed by atoms with E-state index in [4.69, 9.17) is 18.0 Å². The molecule has 0 radical (unpaired) electrons. The standard InChI is InChI=1S/C27H40N2S2/c1-2-26-12-19-14-27(18-26,21-6-4-3-5-7-21)15-20(13-26)24(19)16-31-17-25(30)29-23-10-8-22(28)9-11-23/h3-7,19-20,22-24H,2,8-18,28H2,1H3,(H,29,30)/t19?,20?,22-,23-,24?,26?,27?. The van der Waals surface area contributed by atoms with E-state index < -0.39 is 0 Å². The summed E-state index contributed by atoms with van der Waals surface area (Å²) in [5.74, 6) is 5.02. The van der Waals surface area contributed by atoms with E-state index in [9.17, 15) is 0 Å². The van der Waals surface area contributed by atoms with Crippen molar-refractivity contribution >= 4 is 29.0 Å². The van der Waals surface area contributed by atoms with Crippen molar-refractivity contribution in [3.05, 3.63) is 35.9 Å².